The Hall–Kier alpha value is -3.07. The zero-order chi connectivity index (χ0) is 38.9. The van der Waals surface area contributed by atoms with Crippen LogP contribution in [0.4, 0.5) is 0 Å². The van der Waals surface area contributed by atoms with Crippen LogP contribution in [0.5, 0.6) is 0 Å². The van der Waals surface area contributed by atoms with E-state index < -0.39 is 91.0 Å². The Morgan fingerprint density at radius 2 is 1.70 bits per heavy atom. The van der Waals surface area contributed by atoms with Gasteiger partial charge in [0.15, 0.2) is 18.1 Å². The Morgan fingerprint density at radius 3 is 2.39 bits per heavy atom. The second kappa shape index (κ2) is 14.9. The predicted molar refractivity (Wildman–Crippen MR) is 189 cm³/mol. The molecular formula is C39H51N3O14. The summed E-state index contributed by atoms with van der Waals surface area (Å²) in [7, 11) is 0. The van der Waals surface area contributed by atoms with Crippen LogP contribution in [0.3, 0.4) is 0 Å². The lowest BCUT2D eigenvalue weighted by Crippen LogP contribution is -2.70. The number of rotatable bonds is 13. The van der Waals surface area contributed by atoms with Gasteiger partial charge in [0.2, 0.25) is 11.8 Å². The van der Waals surface area contributed by atoms with Gasteiger partial charge in [-0.25, -0.2) is 0 Å². The van der Waals surface area contributed by atoms with E-state index in [1.54, 1.807) is 22.1 Å². The highest BCUT2D eigenvalue weighted by molar-refractivity contribution is 5.96. The largest absolute Gasteiger partial charge is 0.458 e. The molecule has 6 N–H and O–H groups in total. The fourth-order valence-corrected chi connectivity index (χ4v) is 9.95. The third kappa shape index (κ3) is 6.39. The summed E-state index contributed by atoms with van der Waals surface area (Å²) >= 11 is 0. The predicted octanol–water partition coefficient (Wildman–Crippen LogP) is -1.28. The molecule has 12 atom stereocenters. The van der Waals surface area contributed by atoms with Gasteiger partial charge in [-0.1, -0.05) is 36.4 Å². The van der Waals surface area contributed by atoms with E-state index in [2.05, 4.69) is 5.32 Å². The minimum atomic E-state index is -1.53. The van der Waals surface area contributed by atoms with Gasteiger partial charge in [-0.2, -0.15) is 5.06 Å². The van der Waals surface area contributed by atoms with E-state index in [0.717, 1.165) is 36.8 Å². The summed E-state index contributed by atoms with van der Waals surface area (Å²) in [6.45, 7) is -0.203. The number of hydrogen-bond acceptors (Lipinski definition) is 15. The van der Waals surface area contributed by atoms with Crippen molar-refractivity contribution in [1.29, 1.82) is 0 Å². The lowest BCUT2D eigenvalue weighted by atomic mass is 9.62. The average molecular weight is 786 g/mol. The van der Waals surface area contributed by atoms with Crippen molar-refractivity contribution >= 4 is 23.9 Å². The van der Waals surface area contributed by atoms with Crippen molar-refractivity contribution in [2.24, 2.45) is 17.3 Å². The first-order valence-electron chi connectivity index (χ1n) is 20.0. The zero-order valence-corrected chi connectivity index (χ0v) is 31.0. The topological polar surface area (TPSA) is 226 Å². The maximum absolute atomic E-state index is 15.1. The molecule has 1 aromatic rings. The number of nitrogens with zero attached hydrogens (tertiary/aromatic N) is 2. The normalized spacial score (nSPS) is 40.2. The van der Waals surface area contributed by atoms with Gasteiger partial charge < -0.3 is 59.4 Å². The standard InChI is InChI=1S/C39H51N3O14/c43-15-13-40-34(48)24-4-1-14-41(24)37(50)38-17-25-30-31(55-39(54-30,22-9-10-22)23-11-12-23)33(38)56-42(32(38)35(49)52-25)18-21-7-5-20(6-8-21)3-2-16-51-36-29(47)28(46)27(45)26(19-44)53-36/h2-3,5-8,22-33,36,43-47H,1,4,9-19H2,(H,40,48). The lowest BCUT2D eigenvalue weighted by Gasteiger charge is -2.50. The van der Waals surface area contributed by atoms with E-state index in [1.807, 2.05) is 24.3 Å². The molecule has 3 aliphatic carbocycles. The fraction of sp³-hybridized carbons (Fsp3) is 0.718. The van der Waals surface area contributed by atoms with Crippen molar-refractivity contribution in [2.45, 2.75) is 124 Å². The highest BCUT2D eigenvalue weighted by Gasteiger charge is 2.78. The highest BCUT2D eigenvalue weighted by atomic mass is 16.8. The lowest BCUT2D eigenvalue weighted by molar-refractivity contribution is -0.298. The van der Waals surface area contributed by atoms with E-state index in [9.17, 15) is 35.1 Å². The van der Waals surface area contributed by atoms with Crippen molar-refractivity contribution in [3.63, 3.8) is 0 Å². The molecule has 9 rings (SSSR count). The average Bonchev–Trinajstić information content (AvgIpc) is 4.12. The second-order valence-electron chi connectivity index (χ2n) is 16.5. The Morgan fingerprint density at radius 1 is 0.964 bits per heavy atom. The van der Waals surface area contributed by atoms with Gasteiger partial charge >= 0.3 is 5.97 Å². The van der Waals surface area contributed by atoms with Crippen molar-refractivity contribution in [3.05, 3.63) is 41.5 Å². The van der Waals surface area contributed by atoms with Gasteiger partial charge in [0.05, 0.1) is 26.4 Å². The van der Waals surface area contributed by atoms with Crippen molar-refractivity contribution in [1.82, 2.24) is 15.3 Å². The van der Waals surface area contributed by atoms with Crippen molar-refractivity contribution in [2.75, 3.05) is 32.9 Å². The van der Waals surface area contributed by atoms with Gasteiger partial charge in [0.1, 0.15) is 60.3 Å². The molecule has 0 spiro atoms. The van der Waals surface area contributed by atoms with E-state index in [-0.39, 0.29) is 56.4 Å². The number of likely N-dealkylation sites (tertiary alicyclic amines) is 1. The Labute approximate surface area is 323 Å². The second-order valence-corrected chi connectivity index (χ2v) is 16.5. The minimum absolute atomic E-state index is 0.00599. The van der Waals surface area contributed by atoms with Crippen LogP contribution in [0.1, 0.15) is 56.1 Å². The molecule has 306 valence electrons. The molecule has 2 amide bonds. The summed E-state index contributed by atoms with van der Waals surface area (Å²) in [4.78, 5) is 50.9. The Bertz CT molecular complexity index is 1670. The molecule has 5 saturated heterocycles. The summed E-state index contributed by atoms with van der Waals surface area (Å²) < 4.78 is 30.9. The third-order valence-corrected chi connectivity index (χ3v) is 12.9. The van der Waals surface area contributed by atoms with Crippen LogP contribution in [0.25, 0.3) is 6.08 Å². The van der Waals surface area contributed by atoms with Gasteiger partial charge in [0, 0.05) is 31.3 Å². The summed E-state index contributed by atoms with van der Waals surface area (Å²) in [5, 5.41) is 53.2. The molecule has 12 unspecified atom stereocenters. The highest BCUT2D eigenvalue weighted by Crippen LogP contribution is 2.64. The summed E-state index contributed by atoms with van der Waals surface area (Å²) in [5.74, 6) is -1.57. The van der Waals surface area contributed by atoms with Crippen molar-refractivity contribution in [3.8, 4) is 0 Å². The fourth-order valence-electron chi connectivity index (χ4n) is 9.95. The maximum atomic E-state index is 15.1. The maximum Gasteiger partial charge on any atom is 0.327 e. The molecule has 1 aromatic carbocycles. The molecule has 17 nitrogen and oxygen atoms in total. The molecule has 5 heterocycles. The number of hydrogen-bond donors (Lipinski definition) is 6. The molecule has 17 heteroatoms. The molecule has 0 radical (unpaired) electrons. The molecule has 8 aliphatic rings. The number of esters is 1. The molecule has 0 aromatic heterocycles. The zero-order valence-electron chi connectivity index (χ0n) is 31.0. The SMILES string of the molecule is O=C(NCCO)C1CCCN1C(=O)C12CC3OC(=O)C1N(Cc1ccc(C=CCOC4OC(CO)C(O)C(O)C4O)cc1)OC2C1OC(C2CC2)(C2CC2)OC31. The number of ether oxygens (including phenoxy) is 5. The van der Waals surface area contributed by atoms with Crippen LogP contribution in [-0.4, -0.2) is 159 Å². The van der Waals surface area contributed by atoms with Crippen LogP contribution >= 0.6 is 0 Å². The summed E-state index contributed by atoms with van der Waals surface area (Å²) in [6.07, 6.45) is -0.967. The number of nitrogens with one attached hydrogen (secondary N) is 1. The van der Waals surface area contributed by atoms with Crippen LogP contribution in [0, 0.1) is 17.3 Å². The van der Waals surface area contributed by atoms with Crippen LogP contribution in [0.2, 0.25) is 0 Å². The summed E-state index contributed by atoms with van der Waals surface area (Å²) in [5.41, 5.74) is 0.213. The van der Waals surface area contributed by atoms with E-state index in [0.29, 0.717) is 19.4 Å². The first-order chi connectivity index (χ1) is 27.1. The Balaban J connectivity index is 0.945. The molecule has 5 aliphatic heterocycles. The molecular weight excluding hydrogens is 734 g/mol. The molecule has 8 fully saturated rings. The minimum Gasteiger partial charge on any atom is -0.458 e. The smallest absolute Gasteiger partial charge is 0.327 e. The third-order valence-electron chi connectivity index (χ3n) is 12.9. The van der Waals surface area contributed by atoms with Crippen LogP contribution < -0.4 is 5.32 Å². The number of carbonyl (C=O) groups excluding carboxylic acids is 3. The number of aliphatic hydroxyl groups excluding tert-OH is 5. The van der Waals surface area contributed by atoms with E-state index >= 15 is 4.79 Å². The first kappa shape index (κ1) is 38.4. The van der Waals surface area contributed by atoms with Crippen molar-refractivity contribution < 1.29 is 68.4 Å². The first-order valence-corrected chi connectivity index (χ1v) is 20.0. The molecule has 3 saturated carbocycles. The monoisotopic (exact) mass is 785 g/mol. The van der Waals surface area contributed by atoms with Crippen LogP contribution in [-0.2, 0) is 49.5 Å². The number of benzene rings is 1. The van der Waals surface area contributed by atoms with Gasteiger partial charge in [-0.15, -0.1) is 0 Å². The number of fused-ring (bicyclic) bond motifs is 4. The van der Waals surface area contributed by atoms with E-state index in [4.69, 9.17) is 28.5 Å². The number of carbonyl (C=O) groups is 3. The number of aliphatic hydroxyl groups is 5. The van der Waals surface area contributed by atoms with Crippen LogP contribution in [0.15, 0.2) is 30.3 Å². The van der Waals surface area contributed by atoms with Gasteiger partial charge in [-0.3, -0.25) is 19.2 Å². The quantitative estimate of drug-likeness (QED) is 0.128. The van der Waals surface area contributed by atoms with E-state index in [1.165, 1.54) is 0 Å². The van der Waals surface area contributed by atoms with Gasteiger partial charge in [-0.05, 0) is 49.7 Å². The number of hydroxylamine groups is 2. The molecule has 2 bridgehead atoms. The Kier molecular flexibility index (Phi) is 10.3. The summed E-state index contributed by atoms with van der Waals surface area (Å²) in [6, 6.07) is 5.63. The molecule has 56 heavy (non-hydrogen) atoms. The van der Waals surface area contributed by atoms with Gasteiger partial charge in [0.25, 0.3) is 0 Å². The number of amides is 2.